The number of fused-ring (bicyclic) bond motifs is 1. The molecule has 1 unspecified atom stereocenters. The summed E-state index contributed by atoms with van der Waals surface area (Å²) in [5.74, 6) is -3.01. The van der Waals surface area contributed by atoms with E-state index >= 15 is 0 Å². The number of benzene rings is 1. The van der Waals surface area contributed by atoms with E-state index in [2.05, 4.69) is 15.1 Å². The van der Waals surface area contributed by atoms with Gasteiger partial charge in [-0.25, -0.2) is 18.2 Å². The molecule has 0 fully saturated rings. The van der Waals surface area contributed by atoms with E-state index in [0.717, 1.165) is 0 Å². The second-order valence-corrected chi connectivity index (χ2v) is 5.98. The summed E-state index contributed by atoms with van der Waals surface area (Å²) in [6, 6.07) is 1.15. The van der Waals surface area contributed by atoms with Crippen molar-refractivity contribution in [3.63, 3.8) is 0 Å². The van der Waals surface area contributed by atoms with Crippen molar-refractivity contribution in [3.8, 4) is 11.1 Å². The van der Waals surface area contributed by atoms with Crippen molar-refractivity contribution in [1.82, 2.24) is 19.6 Å². The Morgan fingerprint density at radius 1 is 1.19 bits per heavy atom. The van der Waals surface area contributed by atoms with Crippen molar-refractivity contribution in [2.75, 3.05) is 11.6 Å². The number of hydrogen-bond donors (Lipinski definition) is 0. The third kappa shape index (κ3) is 2.69. The van der Waals surface area contributed by atoms with Gasteiger partial charge in [-0.2, -0.15) is 19.6 Å². The first-order valence-electron chi connectivity index (χ1n) is 7.61. The van der Waals surface area contributed by atoms with Crippen molar-refractivity contribution < 1.29 is 18.0 Å². The normalized spacial score (nSPS) is 17.3. The monoisotopic (exact) mass is 381 g/mol. The zero-order valence-corrected chi connectivity index (χ0v) is 14.1. The standard InChI is InChI=1S/C16H11ClF3N5O/c1-8-3-2-4-24(26-8)15-13(12-10(19)5-9(18)6-11(12)20)14(17)23-16-21-7-22-25(15)16/h2-3,5-8H,4H2,1H3. The molecule has 1 atom stereocenters. The van der Waals surface area contributed by atoms with Crippen LogP contribution < -0.4 is 5.06 Å². The van der Waals surface area contributed by atoms with Crippen LogP contribution in [0.25, 0.3) is 16.9 Å². The Bertz CT molecular complexity index is 1020. The lowest BCUT2D eigenvalue weighted by molar-refractivity contribution is 0.0683. The van der Waals surface area contributed by atoms with E-state index in [9.17, 15) is 13.2 Å². The molecule has 6 nitrogen and oxygen atoms in total. The van der Waals surface area contributed by atoms with Crippen LogP contribution in [-0.2, 0) is 4.84 Å². The van der Waals surface area contributed by atoms with Gasteiger partial charge >= 0.3 is 0 Å². The number of halogens is 4. The molecular formula is C16H11ClF3N5O. The molecule has 0 saturated carbocycles. The Morgan fingerprint density at radius 2 is 1.92 bits per heavy atom. The largest absolute Gasteiger partial charge is 0.265 e. The van der Waals surface area contributed by atoms with Crippen LogP contribution in [-0.4, -0.2) is 32.2 Å². The van der Waals surface area contributed by atoms with Gasteiger partial charge in [0.05, 0.1) is 17.7 Å². The highest BCUT2D eigenvalue weighted by Gasteiger charge is 2.29. The number of nitrogens with zero attached hydrogens (tertiary/aromatic N) is 5. The molecular weight excluding hydrogens is 371 g/mol. The Morgan fingerprint density at radius 3 is 2.62 bits per heavy atom. The van der Waals surface area contributed by atoms with Gasteiger partial charge in [-0.15, -0.1) is 0 Å². The summed E-state index contributed by atoms with van der Waals surface area (Å²) in [6.07, 6.45) is 4.60. The molecule has 1 aliphatic rings. The number of anilines is 1. The molecule has 0 N–H and O–H groups in total. The number of hydrogen-bond acceptors (Lipinski definition) is 5. The van der Waals surface area contributed by atoms with Crippen molar-refractivity contribution in [3.05, 3.63) is 53.2 Å². The molecule has 1 aliphatic heterocycles. The summed E-state index contributed by atoms with van der Waals surface area (Å²) in [5.41, 5.74) is -0.635. The van der Waals surface area contributed by atoms with Gasteiger partial charge in [-0.3, -0.25) is 4.84 Å². The minimum Gasteiger partial charge on any atom is -0.265 e. The zero-order valence-electron chi connectivity index (χ0n) is 13.3. The van der Waals surface area contributed by atoms with Gasteiger partial charge in [-0.1, -0.05) is 23.8 Å². The van der Waals surface area contributed by atoms with Crippen LogP contribution in [0.3, 0.4) is 0 Å². The first kappa shape index (κ1) is 16.8. The average Bonchev–Trinajstić information content (AvgIpc) is 3.01. The van der Waals surface area contributed by atoms with Crippen molar-refractivity contribution in [2.24, 2.45) is 0 Å². The number of rotatable bonds is 2. The van der Waals surface area contributed by atoms with Gasteiger partial charge in [0.15, 0.2) is 5.82 Å². The fraction of sp³-hybridized carbons (Fsp3) is 0.188. The summed E-state index contributed by atoms with van der Waals surface area (Å²) in [5, 5.41) is 5.22. The van der Waals surface area contributed by atoms with E-state index in [4.69, 9.17) is 16.4 Å². The first-order valence-corrected chi connectivity index (χ1v) is 7.98. The van der Waals surface area contributed by atoms with E-state index in [1.54, 1.807) is 6.92 Å². The number of aromatic nitrogens is 4. The summed E-state index contributed by atoms with van der Waals surface area (Å²) < 4.78 is 43.5. The molecule has 2 aromatic heterocycles. The Balaban J connectivity index is 2.05. The molecule has 0 spiro atoms. The summed E-state index contributed by atoms with van der Waals surface area (Å²) in [7, 11) is 0. The summed E-state index contributed by atoms with van der Waals surface area (Å²) >= 11 is 6.22. The third-order valence-corrected chi connectivity index (χ3v) is 4.10. The molecule has 0 saturated heterocycles. The van der Waals surface area contributed by atoms with Crippen LogP contribution in [0.4, 0.5) is 19.0 Å². The van der Waals surface area contributed by atoms with E-state index in [1.165, 1.54) is 15.9 Å². The number of hydroxylamine groups is 1. The maximum Gasteiger partial charge on any atom is 0.255 e. The van der Waals surface area contributed by atoms with Gasteiger partial charge in [-0.05, 0) is 6.92 Å². The smallest absolute Gasteiger partial charge is 0.255 e. The Kier molecular flexibility index (Phi) is 4.04. The molecule has 4 rings (SSSR count). The molecule has 1 aromatic carbocycles. The first-order chi connectivity index (χ1) is 12.5. The molecule has 10 heteroatoms. The fourth-order valence-corrected chi connectivity index (χ4v) is 3.05. The highest BCUT2D eigenvalue weighted by molar-refractivity contribution is 6.33. The van der Waals surface area contributed by atoms with Crippen LogP contribution in [0.1, 0.15) is 6.92 Å². The SMILES string of the molecule is CC1C=CCN(c2c(-c3c(F)cc(F)cc3F)c(Cl)nc3ncnn23)O1. The Hall–Kier alpha value is -2.65. The third-order valence-electron chi connectivity index (χ3n) is 3.82. The topological polar surface area (TPSA) is 55.6 Å². The van der Waals surface area contributed by atoms with Gasteiger partial charge in [0.1, 0.15) is 35.0 Å². The highest BCUT2D eigenvalue weighted by atomic mass is 35.5. The Labute approximate surface area is 150 Å². The van der Waals surface area contributed by atoms with Gasteiger partial charge in [0.2, 0.25) is 0 Å². The summed E-state index contributed by atoms with van der Waals surface area (Å²) in [4.78, 5) is 13.7. The highest BCUT2D eigenvalue weighted by Crippen LogP contribution is 2.40. The minimum atomic E-state index is -1.12. The van der Waals surface area contributed by atoms with E-state index in [1.807, 2.05) is 12.2 Å². The second kappa shape index (κ2) is 6.26. The minimum absolute atomic E-state index is 0.109. The average molecular weight is 382 g/mol. The van der Waals surface area contributed by atoms with Crippen molar-refractivity contribution in [1.29, 1.82) is 0 Å². The van der Waals surface area contributed by atoms with E-state index in [-0.39, 0.29) is 35.0 Å². The summed E-state index contributed by atoms with van der Waals surface area (Å²) in [6.45, 7) is 2.07. The van der Waals surface area contributed by atoms with Gasteiger partial charge in [0.25, 0.3) is 5.78 Å². The lowest BCUT2D eigenvalue weighted by atomic mass is 10.1. The maximum absolute atomic E-state index is 14.4. The zero-order chi connectivity index (χ0) is 18.4. The molecule has 0 bridgehead atoms. The maximum atomic E-state index is 14.4. The van der Waals surface area contributed by atoms with E-state index < -0.39 is 23.0 Å². The molecule has 0 radical (unpaired) electrons. The van der Waals surface area contributed by atoms with Gasteiger partial charge in [0, 0.05) is 12.1 Å². The lowest BCUT2D eigenvalue weighted by Gasteiger charge is -2.30. The molecule has 3 heterocycles. The predicted octanol–water partition coefficient (Wildman–Crippen LogP) is 3.56. The fourth-order valence-electron chi connectivity index (χ4n) is 2.79. The van der Waals surface area contributed by atoms with Gasteiger partial charge < -0.3 is 0 Å². The molecule has 3 aromatic rings. The van der Waals surface area contributed by atoms with Crippen LogP contribution in [0.5, 0.6) is 0 Å². The lowest BCUT2D eigenvalue weighted by Crippen LogP contribution is -2.33. The molecule has 26 heavy (non-hydrogen) atoms. The van der Waals surface area contributed by atoms with E-state index in [0.29, 0.717) is 12.1 Å². The van der Waals surface area contributed by atoms with Crippen LogP contribution >= 0.6 is 11.6 Å². The van der Waals surface area contributed by atoms with Crippen LogP contribution in [0.15, 0.2) is 30.6 Å². The molecule has 134 valence electrons. The van der Waals surface area contributed by atoms with Crippen molar-refractivity contribution in [2.45, 2.75) is 13.0 Å². The second-order valence-electron chi connectivity index (χ2n) is 5.62. The van der Waals surface area contributed by atoms with Crippen molar-refractivity contribution >= 4 is 23.2 Å². The van der Waals surface area contributed by atoms with Crippen LogP contribution in [0, 0.1) is 17.5 Å². The molecule has 0 amide bonds. The quantitative estimate of drug-likeness (QED) is 0.502. The van der Waals surface area contributed by atoms with Crippen LogP contribution in [0.2, 0.25) is 5.15 Å². The molecule has 0 aliphatic carbocycles. The predicted molar refractivity (Wildman–Crippen MR) is 88.1 cm³/mol.